The summed E-state index contributed by atoms with van der Waals surface area (Å²) in [7, 11) is 0. The maximum atomic E-state index is 5.60. The van der Waals surface area contributed by atoms with Crippen molar-refractivity contribution in [1.29, 1.82) is 0 Å². The minimum Gasteiger partial charge on any atom is -0.388 e. The fourth-order valence-electron chi connectivity index (χ4n) is 2.12. The minimum atomic E-state index is 0.243. The van der Waals surface area contributed by atoms with Crippen LogP contribution in [0.1, 0.15) is 52.4 Å². The number of amidine groups is 1. The van der Waals surface area contributed by atoms with Crippen molar-refractivity contribution in [2.75, 3.05) is 0 Å². The molecule has 0 bridgehead atoms. The Morgan fingerprint density at radius 1 is 1.36 bits per heavy atom. The van der Waals surface area contributed by atoms with E-state index in [0.717, 1.165) is 5.84 Å². The van der Waals surface area contributed by atoms with Gasteiger partial charge in [-0.2, -0.15) is 12.6 Å². The molecule has 0 amide bonds. The second kappa shape index (κ2) is 5.06. The fraction of sp³-hybridized carbons (Fsp3) is 0.909. The standard InChI is InChI=1S/C11H22N2S/c1-9(12)13-10-5-3-7-11(2,14)8-4-6-10/h10,14H,3-8H2,1-2H3,(H2,12,13). The van der Waals surface area contributed by atoms with Gasteiger partial charge in [0.25, 0.3) is 0 Å². The lowest BCUT2D eigenvalue weighted by atomic mass is 9.89. The predicted octanol–water partition coefficient (Wildman–Crippen LogP) is 2.77. The summed E-state index contributed by atoms with van der Waals surface area (Å²) < 4.78 is 0.243. The van der Waals surface area contributed by atoms with Gasteiger partial charge in [-0.3, -0.25) is 4.99 Å². The van der Waals surface area contributed by atoms with E-state index in [4.69, 9.17) is 5.73 Å². The Kier molecular flexibility index (Phi) is 4.30. The number of hydrogen-bond acceptors (Lipinski definition) is 2. The van der Waals surface area contributed by atoms with Gasteiger partial charge in [0.15, 0.2) is 0 Å². The third-order valence-electron chi connectivity index (χ3n) is 2.89. The second-order valence-corrected chi connectivity index (χ2v) is 5.79. The maximum Gasteiger partial charge on any atom is 0.0909 e. The molecular weight excluding hydrogens is 192 g/mol. The summed E-state index contributed by atoms with van der Waals surface area (Å²) in [5, 5.41) is 0. The van der Waals surface area contributed by atoms with Crippen LogP contribution in [0.2, 0.25) is 0 Å². The molecule has 0 aromatic carbocycles. The first-order valence-electron chi connectivity index (χ1n) is 5.52. The van der Waals surface area contributed by atoms with E-state index in [9.17, 15) is 0 Å². The average molecular weight is 214 g/mol. The Morgan fingerprint density at radius 3 is 2.29 bits per heavy atom. The van der Waals surface area contributed by atoms with Crippen LogP contribution < -0.4 is 5.73 Å². The zero-order chi connectivity index (χ0) is 10.6. The predicted molar refractivity (Wildman–Crippen MR) is 66.2 cm³/mol. The molecule has 0 heterocycles. The third kappa shape index (κ3) is 4.36. The molecule has 1 aliphatic rings. The summed E-state index contributed by atoms with van der Waals surface area (Å²) in [4.78, 5) is 4.46. The van der Waals surface area contributed by atoms with E-state index in [1.165, 1.54) is 38.5 Å². The number of rotatable bonds is 1. The van der Waals surface area contributed by atoms with Gasteiger partial charge in [-0.1, -0.05) is 6.92 Å². The SMILES string of the molecule is CC(N)=NC1CCCC(C)(S)CCC1. The summed E-state index contributed by atoms with van der Waals surface area (Å²) in [6.45, 7) is 4.12. The average Bonchev–Trinajstić information content (AvgIpc) is 1.99. The highest BCUT2D eigenvalue weighted by atomic mass is 32.1. The minimum absolute atomic E-state index is 0.243. The van der Waals surface area contributed by atoms with Gasteiger partial charge in [0, 0.05) is 4.75 Å². The Morgan fingerprint density at radius 2 is 1.86 bits per heavy atom. The van der Waals surface area contributed by atoms with Crippen molar-refractivity contribution >= 4 is 18.5 Å². The van der Waals surface area contributed by atoms with E-state index in [-0.39, 0.29) is 4.75 Å². The van der Waals surface area contributed by atoms with Gasteiger partial charge in [-0.15, -0.1) is 0 Å². The largest absolute Gasteiger partial charge is 0.388 e. The van der Waals surface area contributed by atoms with Crippen LogP contribution in [0, 0.1) is 0 Å². The first kappa shape index (κ1) is 11.9. The summed E-state index contributed by atoms with van der Waals surface area (Å²) in [5.74, 6) is 0.726. The Balaban J connectivity index is 2.44. The molecule has 2 N–H and O–H groups in total. The van der Waals surface area contributed by atoms with Gasteiger partial charge < -0.3 is 5.73 Å². The molecule has 0 aromatic heterocycles. The first-order chi connectivity index (χ1) is 6.49. The fourth-order valence-corrected chi connectivity index (χ4v) is 2.44. The van der Waals surface area contributed by atoms with Gasteiger partial charge >= 0.3 is 0 Å². The van der Waals surface area contributed by atoms with Crippen LogP contribution in [-0.2, 0) is 0 Å². The van der Waals surface area contributed by atoms with Crippen LogP contribution in [0.5, 0.6) is 0 Å². The zero-order valence-corrected chi connectivity index (χ0v) is 10.2. The van der Waals surface area contributed by atoms with Gasteiger partial charge in [0.05, 0.1) is 11.9 Å². The molecule has 1 saturated carbocycles. The number of thiol groups is 1. The molecule has 0 aliphatic heterocycles. The monoisotopic (exact) mass is 214 g/mol. The normalized spacial score (nSPS) is 36.2. The van der Waals surface area contributed by atoms with Crippen LogP contribution in [0.3, 0.4) is 0 Å². The number of hydrogen-bond donors (Lipinski definition) is 2. The van der Waals surface area contributed by atoms with Crippen LogP contribution in [-0.4, -0.2) is 16.6 Å². The lowest BCUT2D eigenvalue weighted by molar-refractivity contribution is 0.407. The van der Waals surface area contributed by atoms with Crippen molar-refractivity contribution in [3.05, 3.63) is 0 Å². The van der Waals surface area contributed by atoms with Crippen molar-refractivity contribution in [3.63, 3.8) is 0 Å². The Labute approximate surface area is 92.8 Å². The lowest BCUT2D eigenvalue weighted by Gasteiger charge is -2.27. The number of nitrogens with zero attached hydrogens (tertiary/aromatic N) is 1. The van der Waals surface area contributed by atoms with Gasteiger partial charge in [0.2, 0.25) is 0 Å². The molecule has 1 rings (SSSR count). The molecule has 2 nitrogen and oxygen atoms in total. The first-order valence-corrected chi connectivity index (χ1v) is 5.96. The topological polar surface area (TPSA) is 38.4 Å². The van der Waals surface area contributed by atoms with Crippen molar-refractivity contribution in [2.24, 2.45) is 10.7 Å². The van der Waals surface area contributed by atoms with E-state index >= 15 is 0 Å². The van der Waals surface area contributed by atoms with Crippen molar-refractivity contribution in [3.8, 4) is 0 Å². The van der Waals surface area contributed by atoms with Gasteiger partial charge in [-0.05, 0) is 45.4 Å². The van der Waals surface area contributed by atoms with E-state index in [1.807, 2.05) is 6.92 Å². The van der Waals surface area contributed by atoms with Gasteiger partial charge in [0.1, 0.15) is 0 Å². The van der Waals surface area contributed by atoms with Crippen LogP contribution in [0.4, 0.5) is 0 Å². The smallest absolute Gasteiger partial charge is 0.0909 e. The molecule has 0 atom stereocenters. The van der Waals surface area contributed by atoms with Gasteiger partial charge in [-0.25, -0.2) is 0 Å². The van der Waals surface area contributed by atoms with E-state index in [1.54, 1.807) is 0 Å². The van der Waals surface area contributed by atoms with Crippen molar-refractivity contribution < 1.29 is 0 Å². The molecule has 0 spiro atoms. The maximum absolute atomic E-state index is 5.60. The molecule has 1 fully saturated rings. The molecule has 1 aliphatic carbocycles. The molecule has 0 saturated heterocycles. The summed E-state index contributed by atoms with van der Waals surface area (Å²) in [5.41, 5.74) is 5.60. The summed E-state index contributed by atoms with van der Waals surface area (Å²) in [6.07, 6.45) is 7.19. The Bertz CT molecular complexity index is 195. The van der Waals surface area contributed by atoms with Crippen LogP contribution in [0.25, 0.3) is 0 Å². The molecule has 3 heteroatoms. The quantitative estimate of drug-likeness (QED) is 0.393. The molecular formula is C11H22N2S. The van der Waals surface area contributed by atoms with Crippen LogP contribution in [0.15, 0.2) is 4.99 Å². The Hall–Kier alpha value is -0.180. The number of aliphatic imine (C=N–C) groups is 1. The molecule has 82 valence electrons. The van der Waals surface area contributed by atoms with E-state index < -0.39 is 0 Å². The van der Waals surface area contributed by atoms with E-state index in [2.05, 4.69) is 24.5 Å². The van der Waals surface area contributed by atoms with Crippen molar-refractivity contribution in [2.45, 2.75) is 63.2 Å². The highest BCUT2D eigenvalue weighted by Crippen LogP contribution is 2.31. The molecule has 14 heavy (non-hydrogen) atoms. The number of nitrogens with two attached hydrogens (primary N) is 1. The van der Waals surface area contributed by atoms with Crippen LogP contribution >= 0.6 is 12.6 Å². The van der Waals surface area contributed by atoms with E-state index in [0.29, 0.717) is 6.04 Å². The zero-order valence-electron chi connectivity index (χ0n) is 9.29. The highest BCUT2D eigenvalue weighted by Gasteiger charge is 2.22. The lowest BCUT2D eigenvalue weighted by Crippen LogP contribution is -2.22. The molecule has 0 radical (unpaired) electrons. The molecule has 0 aromatic rings. The third-order valence-corrected chi connectivity index (χ3v) is 3.34. The summed E-state index contributed by atoms with van der Waals surface area (Å²) in [6, 6.07) is 0.462. The summed E-state index contributed by atoms with van der Waals surface area (Å²) >= 11 is 4.67. The molecule has 0 unspecified atom stereocenters. The second-order valence-electron chi connectivity index (χ2n) is 4.71. The van der Waals surface area contributed by atoms with Crippen molar-refractivity contribution in [1.82, 2.24) is 0 Å². The highest BCUT2D eigenvalue weighted by molar-refractivity contribution is 7.81.